The summed E-state index contributed by atoms with van der Waals surface area (Å²) in [6.07, 6.45) is 6.52. The Hall–Kier alpha value is -3.86. The van der Waals surface area contributed by atoms with Crippen LogP contribution in [0.25, 0.3) is 11.1 Å². The van der Waals surface area contributed by atoms with Gasteiger partial charge in [0.15, 0.2) is 0 Å². The summed E-state index contributed by atoms with van der Waals surface area (Å²) in [7, 11) is 3.68. The molecular weight excluding hydrogens is 380 g/mol. The zero-order chi connectivity index (χ0) is 21.8. The van der Waals surface area contributed by atoms with Crippen LogP contribution in [0.4, 0.5) is 11.5 Å². The van der Waals surface area contributed by atoms with E-state index >= 15 is 0 Å². The summed E-state index contributed by atoms with van der Waals surface area (Å²) in [6.45, 7) is 5.83. The van der Waals surface area contributed by atoms with Gasteiger partial charge in [-0.3, -0.25) is 9.78 Å². The fourth-order valence-corrected chi connectivity index (χ4v) is 2.94. The maximum absolute atomic E-state index is 12.7. The van der Waals surface area contributed by atoms with Gasteiger partial charge in [0.05, 0.1) is 23.0 Å². The minimum Gasteiger partial charge on any atom is -0.387 e. The van der Waals surface area contributed by atoms with Crippen molar-refractivity contribution in [3.05, 3.63) is 59.4 Å². The van der Waals surface area contributed by atoms with Crippen LogP contribution in [0.15, 0.2) is 48.1 Å². The van der Waals surface area contributed by atoms with Gasteiger partial charge in [-0.25, -0.2) is 10.5 Å². The zero-order valence-electron chi connectivity index (χ0n) is 17.6. The molecule has 0 spiro atoms. The van der Waals surface area contributed by atoms with Crippen molar-refractivity contribution >= 4 is 17.4 Å². The standard InChI is InChI=1S/C22H24N6O2/c1-13(2)20-7-17(11-26-30-20)22(29)27-18-8-19(14(3)24-12-18)16-6-15(9-23)21(25-10-16)28(4)5/h6-8,10-13,26H,1-5H3,(H,27,29). The Balaban J connectivity index is 1.89. The fourth-order valence-electron chi connectivity index (χ4n) is 2.94. The second kappa shape index (κ2) is 8.66. The third-order valence-corrected chi connectivity index (χ3v) is 4.59. The van der Waals surface area contributed by atoms with E-state index in [0.717, 1.165) is 16.8 Å². The number of aryl methyl sites for hydroxylation is 1. The number of carbonyl (C=O) groups excluding carboxylic acids is 1. The lowest BCUT2D eigenvalue weighted by molar-refractivity contribution is -0.112. The molecule has 8 heteroatoms. The predicted octanol–water partition coefficient (Wildman–Crippen LogP) is 3.29. The number of nitrogens with one attached hydrogen (secondary N) is 2. The highest BCUT2D eigenvalue weighted by molar-refractivity contribution is 6.06. The first kappa shape index (κ1) is 20.9. The minimum absolute atomic E-state index is 0.147. The Bertz CT molecular complexity index is 1080. The first-order chi connectivity index (χ1) is 14.3. The molecule has 0 unspecified atom stereocenters. The molecule has 2 aromatic heterocycles. The van der Waals surface area contributed by atoms with E-state index in [-0.39, 0.29) is 11.8 Å². The number of amides is 1. The molecule has 1 amide bonds. The van der Waals surface area contributed by atoms with Crippen molar-refractivity contribution in [1.29, 1.82) is 5.26 Å². The summed E-state index contributed by atoms with van der Waals surface area (Å²) in [5.41, 5.74) is 6.44. The number of nitriles is 1. The lowest BCUT2D eigenvalue weighted by Crippen LogP contribution is -2.22. The topological polar surface area (TPSA) is 103 Å². The molecule has 0 aliphatic carbocycles. The van der Waals surface area contributed by atoms with Crippen molar-refractivity contribution in [2.24, 2.45) is 5.92 Å². The van der Waals surface area contributed by atoms with Crippen LogP contribution in [0.1, 0.15) is 25.1 Å². The molecule has 3 heterocycles. The second-order valence-corrected chi connectivity index (χ2v) is 7.43. The number of hydroxylamine groups is 1. The van der Waals surface area contributed by atoms with Crippen LogP contribution in [0, 0.1) is 24.2 Å². The van der Waals surface area contributed by atoms with Gasteiger partial charge in [0.25, 0.3) is 5.91 Å². The number of anilines is 2. The van der Waals surface area contributed by atoms with E-state index in [1.807, 2.05) is 40.9 Å². The largest absolute Gasteiger partial charge is 0.387 e. The minimum atomic E-state index is -0.278. The molecule has 154 valence electrons. The molecule has 2 N–H and O–H groups in total. The number of carbonyl (C=O) groups is 1. The van der Waals surface area contributed by atoms with Gasteiger partial charge < -0.3 is 15.1 Å². The van der Waals surface area contributed by atoms with Crippen LogP contribution < -0.4 is 15.7 Å². The zero-order valence-corrected chi connectivity index (χ0v) is 17.6. The molecule has 8 nitrogen and oxygen atoms in total. The summed E-state index contributed by atoms with van der Waals surface area (Å²) < 4.78 is 0. The number of pyridine rings is 2. The van der Waals surface area contributed by atoms with Crippen molar-refractivity contribution in [2.45, 2.75) is 20.8 Å². The van der Waals surface area contributed by atoms with Crippen molar-refractivity contribution in [3.63, 3.8) is 0 Å². The lowest BCUT2D eigenvalue weighted by Gasteiger charge is -2.18. The molecule has 30 heavy (non-hydrogen) atoms. The van der Waals surface area contributed by atoms with E-state index in [4.69, 9.17) is 4.84 Å². The van der Waals surface area contributed by atoms with Crippen LogP contribution in [0.5, 0.6) is 0 Å². The van der Waals surface area contributed by atoms with Crippen molar-refractivity contribution < 1.29 is 9.63 Å². The molecule has 1 aliphatic rings. The summed E-state index contributed by atoms with van der Waals surface area (Å²) in [5.74, 6) is 1.15. The molecule has 0 bridgehead atoms. The number of rotatable bonds is 5. The van der Waals surface area contributed by atoms with Crippen molar-refractivity contribution in [2.75, 3.05) is 24.3 Å². The maximum Gasteiger partial charge on any atom is 0.257 e. The van der Waals surface area contributed by atoms with E-state index in [1.54, 1.807) is 29.4 Å². The van der Waals surface area contributed by atoms with Gasteiger partial charge in [0.1, 0.15) is 17.6 Å². The first-order valence-electron chi connectivity index (χ1n) is 9.50. The summed E-state index contributed by atoms with van der Waals surface area (Å²) in [5, 5.41) is 12.3. The third kappa shape index (κ3) is 4.41. The lowest BCUT2D eigenvalue weighted by atomic mass is 10.0. The SMILES string of the molecule is Cc1ncc(NC(=O)C2=CNOC(C(C)C)=C2)cc1-c1cnc(N(C)C)c(C#N)c1. The van der Waals surface area contributed by atoms with Crippen LogP contribution in [0.3, 0.4) is 0 Å². The molecule has 2 aromatic rings. The van der Waals surface area contributed by atoms with Gasteiger partial charge in [-0.1, -0.05) is 13.8 Å². The van der Waals surface area contributed by atoms with E-state index in [1.165, 1.54) is 6.20 Å². The molecule has 0 aromatic carbocycles. The molecule has 3 rings (SSSR count). The quantitative estimate of drug-likeness (QED) is 0.788. The van der Waals surface area contributed by atoms with Gasteiger partial charge in [-0.05, 0) is 25.1 Å². The third-order valence-electron chi connectivity index (χ3n) is 4.59. The Morgan fingerprint density at radius 1 is 1.27 bits per heavy atom. The van der Waals surface area contributed by atoms with Crippen LogP contribution >= 0.6 is 0 Å². The molecule has 0 atom stereocenters. The Morgan fingerprint density at radius 3 is 2.70 bits per heavy atom. The average Bonchev–Trinajstić information content (AvgIpc) is 2.74. The highest BCUT2D eigenvalue weighted by atomic mass is 16.6. The van der Waals surface area contributed by atoms with Crippen molar-refractivity contribution in [1.82, 2.24) is 15.4 Å². The molecule has 0 saturated carbocycles. The monoisotopic (exact) mass is 404 g/mol. The average molecular weight is 404 g/mol. The van der Waals surface area contributed by atoms with E-state index in [0.29, 0.717) is 28.4 Å². The molecule has 0 radical (unpaired) electrons. The molecule has 0 saturated heterocycles. The normalized spacial score (nSPS) is 12.8. The molecular formula is C22H24N6O2. The first-order valence-corrected chi connectivity index (χ1v) is 9.50. The van der Waals surface area contributed by atoms with Crippen LogP contribution in [-0.4, -0.2) is 30.0 Å². The van der Waals surface area contributed by atoms with Crippen molar-refractivity contribution in [3.8, 4) is 17.2 Å². The highest BCUT2D eigenvalue weighted by Gasteiger charge is 2.17. The Morgan fingerprint density at radius 2 is 2.03 bits per heavy atom. The van der Waals surface area contributed by atoms with E-state index < -0.39 is 0 Å². The van der Waals surface area contributed by atoms with Crippen LogP contribution in [-0.2, 0) is 9.63 Å². The van der Waals surface area contributed by atoms with E-state index in [2.05, 4.69) is 26.8 Å². The van der Waals surface area contributed by atoms with Gasteiger partial charge in [-0.2, -0.15) is 5.26 Å². The van der Waals surface area contributed by atoms with Gasteiger partial charge in [0, 0.05) is 49.2 Å². The summed E-state index contributed by atoms with van der Waals surface area (Å²) >= 11 is 0. The Labute approximate surface area is 175 Å². The smallest absolute Gasteiger partial charge is 0.257 e. The van der Waals surface area contributed by atoms with Crippen LogP contribution in [0.2, 0.25) is 0 Å². The molecule has 1 aliphatic heterocycles. The number of nitrogens with zero attached hydrogens (tertiary/aromatic N) is 4. The van der Waals surface area contributed by atoms with E-state index in [9.17, 15) is 10.1 Å². The number of allylic oxidation sites excluding steroid dienone is 1. The number of hydrogen-bond acceptors (Lipinski definition) is 7. The van der Waals surface area contributed by atoms with Gasteiger partial charge in [0.2, 0.25) is 0 Å². The summed E-state index contributed by atoms with van der Waals surface area (Å²) in [4.78, 5) is 28.6. The number of aromatic nitrogens is 2. The van der Waals surface area contributed by atoms with Gasteiger partial charge >= 0.3 is 0 Å². The maximum atomic E-state index is 12.7. The predicted molar refractivity (Wildman–Crippen MR) is 115 cm³/mol. The Kier molecular flexibility index (Phi) is 6.02. The molecule has 0 fully saturated rings. The van der Waals surface area contributed by atoms with Gasteiger partial charge in [-0.15, -0.1) is 0 Å². The fraction of sp³-hybridized carbons (Fsp3) is 0.273. The number of hydrogen-bond donors (Lipinski definition) is 2. The highest BCUT2D eigenvalue weighted by Crippen LogP contribution is 2.28. The summed E-state index contributed by atoms with van der Waals surface area (Å²) in [6, 6.07) is 5.79. The second-order valence-electron chi connectivity index (χ2n) is 7.43.